The van der Waals surface area contributed by atoms with E-state index in [1.165, 1.54) is 42.8 Å². The van der Waals surface area contributed by atoms with Crippen molar-refractivity contribution >= 4 is 28.3 Å². The highest BCUT2D eigenvalue weighted by molar-refractivity contribution is 7.13. The number of nitrogens with one attached hydrogen (secondary N) is 1. The van der Waals surface area contributed by atoms with Gasteiger partial charge in [0.25, 0.3) is 5.91 Å². The van der Waals surface area contributed by atoms with E-state index in [4.69, 9.17) is 4.74 Å². The molecule has 0 aliphatic rings. The van der Waals surface area contributed by atoms with Crippen LogP contribution in [-0.2, 0) is 9.53 Å². The number of hydrogen-bond donors (Lipinski definition) is 1. The van der Waals surface area contributed by atoms with Crippen LogP contribution < -0.4 is 5.32 Å². The van der Waals surface area contributed by atoms with E-state index in [0.717, 1.165) is 5.69 Å². The summed E-state index contributed by atoms with van der Waals surface area (Å²) < 4.78 is 5.08. The number of nitrogens with zero attached hydrogens (tertiary/aromatic N) is 2. The molecule has 0 spiro atoms. The lowest BCUT2D eigenvalue weighted by atomic mass is 10.3. The fourth-order valence-electron chi connectivity index (χ4n) is 1.39. The van der Waals surface area contributed by atoms with Gasteiger partial charge in [-0.15, -0.1) is 11.3 Å². The Kier molecular flexibility index (Phi) is 4.41. The third-order valence-corrected chi connectivity index (χ3v) is 3.29. The molecule has 1 N–H and O–H groups in total. The summed E-state index contributed by atoms with van der Waals surface area (Å²) in [7, 11) is 0. The third-order valence-electron chi connectivity index (χ3n) is 2.42. The molecule has 0 aliphatic heterocycles. The van der Waals surface area contributed by atoms with Crippen molar-refractivity contribution in [2.24, 2.45) is 0 Å². The Bertz CT molecular complexity index is 612. The maximum Gasteiger partial charge on any atom is 0.339 e. The van der Waals surface area contributed by atoms with Crippen LogP contribution in [0.1, 0.15) is 23.0 Å². The zero-order valence-electron chi connectivity index (χ0n) is 11.0. The molecule has 2 rings (SSSR count). The molecular weight excluding hydrogens is 278 g/mol. The maximum absolute atomic E-state index is 11.9. The standard InChI is InChI=1S/C13H13N3O3S/c1-8-7-20-13(15-8)16-11(17)9(2)19-12(18)10-3-5-14-6-4-10/h3-7,9H,1-2H3,(H,15,16,17). The number of ether oxygens (including phenoxy) is 1. The van der Waals surface area contributed by atoms with Crippen molar-refractivity contribution in [2.45, 2.75) is 20.0 Å². The van der Waals surface area contributed by atoms with Gasteiger partial charge in [0, 0.05) is 17.8 Å². The molecule has 0 aliphatic carbocycles. The molecule has 1 unspecified atom stereocenters. The average Bonchev–Trinajstić information content (AvgIpc) is 2.85. The Hall–Kier alpha value is -2.28. The predicted octanol–water partition coefficient (Wildman–Crippen LogP) is 2.03. The molecule has 7 heteroatoms. The van der Waals surface area contributed by atoms with Gasteiger partial charge in [-0.3, -0.25) is 15.1 Å². The first kappa shape index (κ1) is 14.1. The molecule has 0 aromatic carbocycles. The van der Waals surface area contributed by atoms with Crippen LogP contribution in [0.5, 0.6) is 0 Å². The molecule has 0 radical (unpaired) electrons. The predicted molar refractivity (Wildman–Crippen MR) is 74.6 cm³/mol. The van der Waals surface area contributed by atoms with Crippen LogP contribution in [0.25, 0.3) is 0 Å². The molecule has 104 valence electrons. The second-order valence-corrected chi connectivity index (χ2v) is 4.92. The highest BCUT2D eigenvalue weighted by Crippen LogP contribution is 2.15. The van der Waals surface area contributed by atoms with Gasteiger partial charge in [-0.2, -0.15) is 0 Å². The lowest BCUT2D eigenvalue weighted by Gasteiger charge is -2.12. The summed E-state index contributed by atoms with van der Waals surface area (Å²) in [5.41, 5.74) is 1.18. The molecule has 20 heavy (non-hydrogen) atoms. The second kappa shape index (κ2) is 6.25. The van der Waals surface area contributed by atoms with E-state index in [1.807, 2.05) is 12.3 Å². The average molecular weight is 291 g/mol. The van der Waals surface area contributed by atoms with Crippen molar-refractivity contribution in [1.29, 1.82) is 0 Å². The molecule has 1 atom stereocenters. The summed E-state index contributed by atoms with van der Waals surface area (Å²) >= 11 is 1.32. The molecular formula is C13H13N3O3S. The maximum atomic E-state index is 11.9. The third kappa shape index (κ3) is 3.61. The fraction of sp³-hybridized carbons (Fsp3) is 0.231. The Morgan fingerprint density at radius 2 is 2.05 bits per heavy atom. The van der Waals surface area contributed by atoms with Gasteiger partial charge in [-0.1, -0.05) is 0 Å². The Morgan fingerprint density at radius 1 is 1.35 bits per heavy atom. The smallest absolute Gasteiger partial charge is 0.339 e. The minimum absolute atomic E-state index is 0.352. The minimum Gasteiger partial charge on any atom is -0.449 e. The summed E-state index contributed by atoms with van der Waals surface area (Å²) in [5, 5.41) is 4.91. The molecule has 0 saturated carbocycles. The number of carbonyl (C=O) groups is 2. The number of rotatable bonds is 4. The zero-order chi connectivity index (χ0) is 14.5. The number of aryl methyl sites for hydroxylation is 1. The Balaban J connectivity index is 1.92. The minimum atomic E-state index is -0.903. The molecule has 0 fully saturated rings. The molecule has 2 aromatic rings. The van der Waals surface area contributed by atoms with Crippen LogP contribution in [-0.4, -0.2) is 27.9 Å². The van der Waals surface area contributed by atoms with Crippen molar-refractivity contribution < 1.29 is 14.3 Å². The highest BCUT2D eigenvalue weighted by atomic mass is 32.1. The number of pyridine rings is 1. The molecule has 0 bridgehead atoms. The van der Waals surface area contributed by atoms with Gasteiger partial charge in [0.05, 0.1) is 11.3 Å². The van der Waals surface area contributed by atoms with Gasteiger partial charge in [0.15, 0.2) is 11.2 Å². The number of aromatic nitrogens is 2. The lowest BCUT2D eigenvalue weighted by molar-refractivity contribution is -0.123. The molecule has 2 aromatic heterocycles. The van der Waals surface area contributed by atoms with Gasteiger partial charge in [-0.25, -0.2) is 9.78 Å². The van der Waals surface area contributed by atoms with Crippen LogP contribution >= 0.6 is 11.3 Å². The normalized spacial score (nSPS) is 11.7. The first-order chi connectivity index (χ1) is 9.56. The van der Waals surface area contributed by atoms with Gasteiger partial charge < -0.3 is 4.74 Å². The first-order valence-electron chi connectivity index (χ1n) is 5.90. The van der Waals surface area contributed by atoms with E-state index in [-0.39, 0.29) is 0 Å². The van der Waals surface area contributed by atoms with Crippen LogP contribution in [0.4, 0.5) is 5.13 Å². The van der Waals surface area contributed by atoms with E-state index >= 15 is 0 Å². The number of amides is 1. The largest absolute Gasteiger partial charge is 0.449 e. The van der Waals surface area contributed by atoms with Crippen molar-refractivity contribution in [2.75, 3.05) is 5.32 Å². The summed E-state index contributed by atoms with van der Waals surface area (Å²) in [5.74, 6) is -0.980. The van der Waals surface area contributed by atoms with E-state index < -0.39 is 18.0 Å². The van der Waals surface area contributed by atoms with Gasteiger partial charge in [0.1, 0.15) is 0 Å². The van der Waals surface area contributed by atoms with Crippen molar-refractivity contribution in [3.8, 4) is 0 Å². The SMILES string of the molecule is Cc1csc(NC(=O)C(C)OC(=O)c2ccncc2)n1. The fourth-order valence-corrected chi connectivity index (χ4v) is 2.08. The van der Waals surface area contributed by atoms with Crippen LogP contribution in [0.3, 0.4) is 0 Å². The van der Waals surface area contributed by atoms with Gasteiger partial charge in [-0.05, 0) is 26.0 Å². The van der Waals surface area contributed by atoms with E-state index in [2.05, 4.69) is 15.3 Å². The lowest BCUT2D eigenvalue weighted by Crippen LogP contribution is -2.29. The molecule has 1 amide bonds. The highest BCUT2D eigenvalue weighted by Gasteiger charge is 2.19. The molecule has 2 heterocycles. The summed E-state index contributed by atoms with van der Waals surface area (Å²) in [6.45, 7) is 3.34. The molecule has 6 nitrogen and oxygen atoms in total. The van der Waals surface area contributed by atoms with Gasteiger partial charge in [0.2, 0.25) is 0 Å². The Morgan fingerprint density at radius 3 is 2.65 bits per heavy atom. The number of thiazole rings is 1. The van der Waals surface area contributed by atoms with Gasteiger partial charge >= 0.3 is 5.97 Å². The van der Waals surface area contributed by atoms with Crippen molar-refractivity contribution in [3.05, 3.63) is 41.2 Å². The summed E-state index contributed by atoms with van der Waals surface area (Å²) in [4.78, 5) is 31.5. The number of anilines is 1. The monoisotopic (exact) mass is 291 g/mol. The van der Waals surface area contributed by atoms with E-state index in [1.54, 1.807) is 0 Å². The number of carbonyl (C=O) groups excluding carboxylic acids is 2. The topological polar surface area (TPSA) is 81.2 Å². The molecule has 0 saturated heterocycles. The summed E-state index contributed by atoms with van der Waals surface area (Å²) in [6.07, 6.45) is 2.07. The van der Waals surface area contributed by atoms with Crippen molar-refractivity contribution in [1.82, 2.24) is 9.97 Å². The van der Waals surface area contributed by atoms with E-state index in [0.29, 0.717) is 10.7 Å². The van der Waals surface area contributed by atoms with Crippen LogP contribution in [0.2, 0.25) is 0 Å². The zero-order valence-corrected chi connectivity index (χ0v) is 11.8. The quantitative estimate of drug-likeness (QED) is 0.872. The number of hydrogen-bond acceptors (Lipinski definition) is 6. The second-order valence-electron chi connectivity index (χ2n) is 4.07. The van der Waals surface area contributed by atoms with Crippen LogP contribution in [0, 0.1) is 6.92 Å². The van der Waals surface area contributed by atoms with Crippen molar-refractivity contribution in [3.63, 3.8) is 0 Å². The first-order valence-corrected chi connectivity index (χ1v) is 6.78. The van der Waals surface area contributed by atoms with Crippen LogP contribution in [0.15, 0.2) is 29.9 Å². The Labute approximate surface area is 119 Å². The number of esters is 1. The summed E-state index contributed by atoms with van der Waals surface area (Å²) in [6, 6.07) is 3.05. The van der Waals surface area contributed by atoms with E-state index in [9.17, 15) is 9.59 Å².